The van der Waals surface area contributed by atoms with Crippen molar-refractivity contribution >= 4 is 44.8 Å². The Labute approximate surface area is 256 Å². The summed E-state index contributed by atoms with van der Waals surface area (Å²) in [5.41, 5.74) is 0.110. The van der Waals surface area contributed by atoms with Crippen molar-refractivity contribution in [3.63, 3.8) is 0 Å². The van der Waals surface area contributed by atoms with Gasteiger partial charge in [-0.3, -0.25) is 24.0 Å². The van der Waals surface area contributed by atoms with Crippen LogP contribution in [0.4, 0.5) is 11.4 Å². The van der Waals surface area contributed by atoms with Crippen molar-refractivity contribution in [2.45, 2.75) is 57.6 Å². The van der Waals surface area contributed by atoms with E-state index in [-0.39, 0.29) is 28.4 Å². The van der Waals surface area contributed by atoms with Gasteiger partial charge in [0.25, 0.3) is 15.7 Å². The van der Waals surface area contributed by atoms with Gasteiger partial charge in [-0.2, -0.15) is 0 Å². The first kappa shape index (κ1) is 33.3. The van der Waals surface area contributed by atoms with Gasteiger partial charge in [-0.15, -0.1) is 0 Å². The Hall–Kier alpha value is -4.16. The number of carbonyl (C=O) groups is 2. The third-order valence-corrected chi connectivity index (χ3v) is 8.56. The highest BCUT2D eigenvalue weighted by molar-refractivity contribution is 7.92. The average Bonchev–Trinajstić information content (AvgIpc) is 2.94. The number of hydrogen-bond donors (Lipinski definition) is 1. The fourth-order valence-electron chi connectivity index (χ4n) is 4.19. The molecule has 3 aromatic carbocycles. The Morgan fingerprint density at radius 1 is 1.05 bits per heavy atom. The van der Waals surface area contributed by atoms with Gasteiger partial charge < -0.3 is 15.0 Å². The second-order valence-electron chi connectivity index (χ2n) is 11.0. The molecular formula is C30H35ClN4O7S. The topological polar surface area (TPSA) is 139 Å². The molecule has 0 radical (unpaired) electrons. The Balaban J connectivity index is 2.10. The minimum absolute atomic E-state index is 0.0127. The number of nitro groups is 1. The number of amides is 2. The van der Waals surface area contributed by atoms with Gasteiger partial charge in [0.15, 0.2) is 0 Å². The first-order valence-corrected chi connectivity index (χ1v) is 15.1. The Morgan fingerprint density at radius 2 is 1.65 bits per heavy atom. The third-order valence-electron chi connectivity index (χ3n) is 6.54. The monoisotopic (exact) mass is 630 g/mol. The molecule has 0 bridgehead atoms. The second kappa shape index (κ2) is 13.4. The zero-order chi connectivity index (χ0) is 32.1. The lowest BCUT2D eigenvalue weighted by atomic mass is 10.1. The molecule has 0 saturated carbocycles. The molecule has 0 saturated heterocycles. The predicted molar refractivity (Wildman–Crippen MR) is 165 cm³/mol. The van der Waals surface area contributed by atoms with E-state index in [1.165, 1.54) is 55.3 Å². The van der Waals surface area contributed by atoms with Gasteiger partial charge >= 0.3 is 0 Å². The number of benzene rings is 3. The van der Waals surface area contributed by atoms with E-state index in [0.29, 0.717) is 16.3 Å². The Bertz CT molecular complexity index is 1590. The average molecular weight is 631 g/mol. The van der Waals surface area contributed by atoms with E-state index in [1.807, 2.05) is 20.8 Å². The molecule has 1 atom stereocenters. The molecule has 0 aliphatic heterocycles. The molecule has 0 aliphatic carbocycles. The number of nitro benzene ring substituents is 1. The largest absolute Gasteiger partial charge is 0.497 e. The van der Waals surface area contributed by atoms with E-state index in [0.717, 1.165) is 10.4 Å². The quantitative estimate of drug-likeness (QED) is 0.230. The first-order valence-electron chi connectivity index (χ1n) is 13.3. The molecule has 0 aromatic heterocycles. The van der Waals surface area contributed by atoms with E-state index in [1.54, 1.807) is 31.2 Å². The van der Waals surface area contributed by atoms with E-state index < -0.39 is 44.9 Å². The standard InChI is InChI=1S/C30H35ClN4O7S/c1-20-7-16-26(17-27(20)35(38)39)43(40,41)34(24-12-14-25(42-6)15-13-24)19-28(36)33(18-22-8-10-23(31)11-9-22)21(2)29(37)32-30(3,4)5/h7-17,21H,18-19H2,1-6H3,(H,32,37). The highest BCUT2D eigenvalue weighted by Crippen LogP contribution is 2.29. The minimum atomic E-state index is -4.51. The van der Waals surface area contributed by atoms with Crippen molar-refractivity contribution < 1.29 is 27.7 Å². The van der Waals surface area contributed by atoms with E-state index in [2.05, 4.69) is 5.32 Å². The van der Waals surface area contributed by atoms with Gasteiger partial charge in [0.1, 0.15) is 18.3 Å². The molecule has 1 unspecified atom stereocenters. The molecule has 0 fully saturated rings. The van der Waals surface area contributed by atoms with Crippen LogP contribution < -0.4 is 14.4 Å². The minimum Gasteiger partial charge on any atom is -0.497 e. The van der Waals surface area contributed by atoms with Crippen LogP contribution >= 0.6 is 11.6 Å². The van der Waals surface area contributed by atoms with Gasteiger partial charge in [-0.25, -0.2) is 8.42 Å². The molecule has 0 spiro atoms. The normalized spacial score (nSPS) is 12.3. The Kier molecular flexibility index (Phi) is 10.4. The number of hydrogen-bond acceptors (Lipinski definition) is 7. The SMILES string of the molecule is COc1ccc(N(CC(=O)N(Cc2ccc(Cl)cc2)C(C)C(=O)NC(C)(C)C)S(=O)(=O)c2ccc(C)c([N+](=O)[O-])c2)cc1. The summed E-state index contributed by atoms with van der Waals surface area (Å²) >= 11 is 6.03. The number of anilines is 1. The number of carbonyl (C=O) groups excluding carboxylic acids is 2. The summed E-state index contributed by atoms with van der Waals surface area (Å²) in [6, 6.07) is 15.3. The van der Waals surface area contributed by atoms with Crippen molar-refractivity contribution in [3.05, 3.63) is 93.0 Å². The summed E-state index contributed by atoms with van der Waals surface area (Å²) < 4.78 is 34.1. The molecule has 1 N–H and O–H groups in total. The maximum atomic E-state index is 14.0. The number of nitrogens with one attached hydrogen (secondary N) is 1. The maximum absolute atomic E-state index is 14.0. The molecule has 43 heavy (non-hydrogen) atoms. The number of sulfonamides is 1. The predicted octanol–water partition coefficient (Wildman–Crippen LogP) is 5.09. The van der Waals surface area contributed by atoms with E-state index in [4.69, 9.17) is 16.3 Å². The highest BCUT2D eigenvalue weighted by Gasteiger charge is 2.34. The van der Waals surface area contributed by atoms with Gasteiger partial charge in [-0.05, 0) is 82.6 Å². The summed E-state index contributed by atoms with van der Waals surface area (Å²) in [6.45, 7) is 7.77. The summed E-state index contributed by atoms with van der Waals surface area (Å²) in [5, 5.41) is 14.9. The van der Waals surface area contributed by atoms with Gasteiger partial charge in [0.2, 0.25) is 11.8 Å². The lowest BCUT2D eigenvalue weighted by molar-refractivity contribution is -0.385. The summed E-state index contributed by atoms with van der Waals surface area (Å²) in [7, 11) is -3.05. The molecule has 13 heteroatoms. The van der Waals surface area contributed by atoms with Gasteiger partial charge in [-0.1, -0.05) is 29.8 Å². The van der Waals surface area contributed by atoms with Crippen LogP contribution in [0.25, 0.3) is 0 Å². The number of aryl methyl sites for hydroxylation is 1. The van der Waals surface area contributed by atoms with Crippen LogP contribution in [0.3, 0.4) is 0 Å². The molecule has 0 heterocycles. The van der Waals surface area contributed by atoms with Crippen molar-refractivity contribution in [3.8, 4) is 5.75 Å². The molecule has 0 aliphatic rings. The summed E-state index contributed by atoms with van der Waals surface area (Å²) in [5.74, 6) is -0.648. The van der Waals surface area contributed by atoms with Crippen LogP contribution in [0, 0.1) is 17.0 Å². The molecule has 3 rings (SSSR count). The fourth-order valence-corrected chi connectivity index (χ4v) is 5.75. The van der Waals surface area contributed by atoms with Crippen molar-refractivity contribution in [1.82, 2.24) is 10.2 Å². The van der Waals surface area contributed by atoms with E-state index in [9.17, 15) is 28.1 Å². The third kappa shape index (κ3) is 8.45. The van der Waals surface area contributed by atoms with Crippen molar-refractivity contribution in [1.29, 1.82) is 0 Å². The lowest BCUT2D eigenvalue weighted by Gasteiger charge is -2.33. The first-order chi connectivity index (χ1) is 20.0. The molecule has 3 aromatic rings. The number of rotatable bonds is 11. The summed E-state index contributed by atoms with van der Waals surface area (Å²) in [6.07, 6.45) is 0. The zero-order valence-corrected chi connectivity index (χ0v) is 26.4. The Morgan fingerprint density at radius 3 is 2.19 bits per heavy atom. The lowest BCUT2D eigenvalue weighted by Crippen LogP contribution is -2.54. The number of halogens is 1. The molecular weight excluding hydrogens is 596 g/mol. The van der Waals surface area contributed by atoms with Crippen LogP contribution in [0.5, 0.6) is 5.75 Å². The van der Waals surface area contributed by atoms with Gasteiger partial charge in [0.05, 0.1) is 22.6 Å². The van der Waals surface area contributed by atoms with Crippen LogP contribution in [0.2, 0.25) is 5.02 Å². The number of nitrogens with zero attached hydrogens (tertiary/aromatic N) is 3. The van der Waals surface area contributed by atoms with E-state index >= 15 is 0 Å². The van der Waals surface area contributed by atoms with Crippen LogP contribution in [0.1, 0.15) is 38.8 Å². The second-order valence-corrected chi connectivity index (χ2v) is 13.3. The molecule has 2 amide bonds. The van der Waals surface area contributed by atoms with Crippen LogP contribution in [-0.2, 0) is 26.2 Å². The van der Waals surface area contributed by atoms with Gasteiger partial charge in [0, 0.05) is 28.7 Å². The number of methoxy groups -OCH3 is 1. The fraction of sp³-hybridized carbons (Fsp3) is 0.333. The molecule has 230 valence electrons. The maximum Gasteiger partial charge on any atom is 0.273 e. The highest BCUT2D eigenvalue weighted by atomic mass is 35.5. The van der Waals surface area contributed by atoms with Crippen LogP contribution in [-0.4, -0.2) is 55.3 Å². The summed E-state index contributed by atoms with van der Waals surface area (Å²) in [4.78, 5) is 39.1. The number of ether oxygens (including phenoxy) is 1. The zero-order valence-electron chi connectivity index (χ0n) is 24.8. The smallest absolute Gasteiger partial charge is 0.273 e. The molecule has 11 nitrogen and oxygen atoms in total. The van der Waals surface area contributed by atoms with Crippen molar-refractivity contribution in [2.75, 3.05) is 18.0 Å². The van der Waals surface area contributed by atoms with Crippen LogP contribution in [0.15, 0.2) is 71.6 Å². The van der Waals surface area contributed by atoms with Crippen molar-refractivity contribution in [2.24, 2.45) is 0 Å².